The second kappa shape index (κ2) is 8.76. The van der Waals surface area contributed by atoms with Crippen LogP contribution in [0.15, 0.2) is 95.9 Å². The molecule has 2 N–H and O–H groups in total. The summed E-state index contributed by atoms with van der Waals surface area (Å²) in [7, 11) is 0. The lowest BCUT2D eigenvalue weighted by Gasteiger charge is -2.19. The number of halogens is 1. The smallest absolute Gasteiger partial charge is 0.264 e. The molecule has 4 rings (SSSR count). The van der Waals surface area contributed by atoms with Gasteiger partial charge >= 0.3 is 0 Å². The van der Waals surface area contributed by atoms with Gasteiger partial charge in [0.25, 0.3) is 11.5 Å². The van der Waals surface area contributed by atoms with E-state index in [9.17, 15) is 9.59 Å². The Morgan fingerprint density at radius 2 is 1.43 bits per heavy atom. The molecule has 1 amide bonds. The monoisotopic (exact) mass is 415 g/mol. The van der Waals surface area contributed by atoms with Crippen molar-refractivity contribution in [3.8, 4) is 11.4 Å². The number of nitrogens with one attached hydrogen (secondary N) is 2. The first-order chi connectivity index (χ1) is 14.6. The van der Waals surface area contributed by atoms with Crippen LogP contribution in [-0.2, 0) is 0 Å². The molecule has 0 saturated heterocycles. The summed E-state index contributed by atoms with van der Waals surface area (Å²) in [6.45, 7) is 0. The van der Waals surface area contributed by atoms with E-state index in [0.29, 0.717) is 16.4 Å². The molecule has 0 atom stereocenters. The molecule has 6 heteroatoms. The van der Waals surface area contributed by atoms with Gasteiger partial charge in [-0.1, -0.05) is 72.3 Å². The number of H-pyrrole nitrogens is 1. The second-order valence-electron chi connectivity index (χ2n) is 6.71. The topological polar surface area (TPSA) is 74.8 Å². The van der Waals surface area contributed by atoms with E-state index in [1.807, 2.05) is 60.7 Å². The average molecular weight is 416 g/mol. The van der Waals surface area contributed by atoms with Crippen LogP contribution in [0.25, 0.3) is 11.4 Å². The molecule has 0 unspecified atom stereocenters. The maximum Gasteiger partial charge on any atom is 0.264 e. The molecular weight excluding hydrogens is 398 g/mol. The Morgan fingerprint density at radius 3 is 1.97 bits per heavy atom. The zero-order valence-corrected chi connectivity index (χ0v) is 16.6. The first-order valence-corrected chi connectivity index (χ1v) is 9.75. The SMILES string of the molecule is O=C(NC(c1ccccc1)c1ccccc1)c1cnc(-c2ccc(Cl)cc2)[nH]c1=O. The molecule has 0 radical (unpaired) electrons. The van der Waals surface area contributed by atoms with Gasteiger partial charge in [-0.05, 0) is 35.4 Å². The fourth-order valence-electron chi connectivity index (χ4n) is 3.17. The minimum Gasteiger partial charge on any atom is -0.341 e. The zero-order valence-electron chi connectivity index (χ0n) is 15.9. The molecule has 0 aliphatic carbocycles. The van der Waals surface area contributed by atoms with Gasteiger partial charge in [-0.15, -0.1) is 0 Å². The summed E-state index contributed by atoms with van der Waals surface area (Å²) in [5.41, 5.74) is 1.98. The minimum absolute atomic E-state index is 0.0513. The largest absolute Gasteiger partial charge is 0.341 e. The first-order valence-electron chi connectivity index (χ1n) is 9.38. The van der Waals surface area contributed by atoms with Gasteiger partial charge < -0.3 is 10.3 Å². The van der Waals surface area contributed by atoms with Crippen molar-refractivity contribution >= 4 is 17.5 Å². The Kier molecular flexibility index (Phi) is 5.72. The molecule has 1 aromatic heterocycles. The van der Waals surface area contributed by atoms with E-state index >= 15 is 0 Å². The summed E-state index contributed by atoms with van der Waals surface area (Å²) >= 11 is 5.90. The van der Waals surface area contributed by atoms with Gasteiger partial charge in [0, 0.05) is 16.8 Å². The van der Waals surface area contributed by atoms with Crippen LogP contribution in [0.4, 0.5) is 0 Å². The highest BCUT2D eigenvalue weighted by atomic mass is 35.5. The van der Waals surface area contributed by atoms with Gasteiger partial charge in [0.2, 0.25) is 0 Å². The second-order valence-corrected chi connectivity index (χ2v) is 7.15. The normalized spacial score (nSPS) is 10.7. The molecule has 0 fully saturated rings. The zero-order chi connectivity index (χ0) is 20.9. The molecule has 0 saturated carbocycles. The number of rotatable bonds is 5. The lowest BCUT2D eigenvalue weighted by Crippen LogP contribution is -2.33. The fraction of sp³-hybridized carbons (Fsp3) is 0.0417. The van der Waals surface area contributed by atoms with E-state index in [1.54, 1.807) is 24.3 Å². The van der Waals surface area contributed by atoms with E-state index in [1.165, 1.54) is 6.20 Å². The summed E-state index contributed by atoms with van der Waals surface area (Å²) in [6, 6.07) is 25.7. The fourth-order valence-corrected chi connectivity index (χ4v) is 3.30. The van der Waals surface area contributed by atoms with Gasteiger partial charge in [-0.3, -0.25) is 9.59 Å². The van der Waals surface area contributed by atoms with Crippen molar-refractivity contribution in [3.63, 3.8) is 0 Å². The highest BCUT2D eigenvalue weighted by Gasteiger charge is 2.20. The summed E-state index contributed by atoms with van der Waals surface area (Å²) in [6.07, 6.45) is 1.30. The number of hydrogen-bond donors (Lipinski definition) is 2. The van der Waals surface area contributed by atoms with E-state index in [2.05, 4.69) is 15.3 Å². The van der Waals surface area contributed by atoms with Crippen LogP contribution >= 0.6 is 11.6 Å². The lowest BCUT2D eigenvalue weighted by molar-refractivity contribution is 0.0941. The molecule has 30 heavy (non-hydrogen) atoms. The molecule has 148 valence electrons. The third-order valence-corrected chi connectivity index (χ3v) is 4.95. The average Bonchev–Trinajstić information content (AvgIpc) is 2.79. The van der Waals surface area contributed by atoms with Gasteiger partial charge in [-0.2, -0.15) is 0 Å². The molecule has 1 heterocycles. The number of carbonyl (C=O) groups is 1. The highest BCUT2D eigenvalue weighted by Crippen LogP contribution is 2.22. The molecule has 0 aliphatic heterocycles. The minimum atomic E-state index is -0.507. The van der Waals surface area contributed by atoms with E-state index in [0.717, 1.165) is 11.1 Å². The van der Waals surface area contributed by atoms with Crippen molar-refractivity contribution in [2.75, 3.05) is 0 Å². The Balaban J connectivity index is 1.63. The number of amides is 1. The summed E-state index contributed by atoms with van der Waals surface area (Å²) < 4.78 is 0. The van der Waals surface area contributed by atoms with Crippen LogP contribution in [0.2, 0.25) is 5.02 Å². The Morgan fingerprint density at radius 1 is 0.867 bits per heavy atom. The van der Waals surface area contributed by atoms with Gasteiger partial charge in [-0.25, -0.2) is 4.98 Å². The molecule has 0 aliphatic rings. The third-order valence-electron chi connectivity index (χ3n) is 4.70. The quantitative estimate of drug-likeness (QED) is 0.499. The van der Waals surface area contributed by atoms with Crippen molar-refractivity contribution in [3.05, 3.63) is 123 Å². The molecule has 5 nitrogen and oxygen atoms in total. The van der Waals surface area contributed by atoms with Crippen molar-refractivity contribution < 1.29 is 4.79 Å². The number of carbonyl (C=O) groups excluding carboxylic acids is 1. The first kappa shape index (κ1) is 19.6. The summed E-state index contributed by atoms with van der Waals surface area (Å²) in [5, 5.41) is 3.54. The molecule has 3 aromatic carbocycles. The Hall–Kier alpha value is -3.70. The maximum atomic E-state index is 12.9. The Labute approximate surface area is 178 Å². The van der Waals surface area contributed by atoms with Gasteiger partial charge in [0.15, 0.2) is 0 Å². The van der Waals surface area contributed by atoms with Gasteiger partial charge in [0.05, 0.1) is 6.04 Å². The Bertz CT molecular complexity index is 1170. The third kappa shape index (κ3) is 4.31. The van der Waals surface area contributed by atoms with Crippen LogP contribution in [0.5, 0.6) is 0 Å². The van der Waals surface area contributed by atoms with Crippen molar-refractivity contribution in [1.29, 1.82) is 0 Å². The molecule has 0 bridgehead atoms. The standard InChI is InChI=1S/C24H18ClN3O2/c25-19-13-11-18(12-14-19)22-26-15-20(24(30)28-22)23(29)27-21(16-7-3-1-4-8-16)17-9-5-2-6-10-17/h1-15,21H,(H,27,29)(H,26,28,30). The predicted molar refractivity (Wildman–Crippen MR) is 117 cm³/mol. The number of aromatic nitrogens is 2. The van der Waals surface area contributed by atoms with Crippen LogP contribution in [0.3, 0.4) is 0 Å². The highest BCUT2D eigenvalue weighted by molar-refractivity contribution is 6.30. The predicted octanol–water partition coefficient (Wildman–Crippen LogP) is 4.61. The molecule has 4 aromatic rings. The van der Waals surface area contributed by atoms with E-state index in [4.69, 9.17) is 11.6 Å². The van der Waals surface area contributed by atoms with Crippen LogP contribution in [-0.4, -0.2) is 15.9 Å². The lowest BCUT2D eigenvalue weighted by atomic mass is 9.98. The van der Waals surface area contributed by atoms with E-state index < -0.39 is 17.5 Å². The maximum absolute atomic E-state index is 12.9. The number of nitrogens with zero attached hydrogens (tertiary/aromatic N) is 1. The summed E-state index contributed by atoms with van der Waals surface area (Å²) in [4.78, 5) is 32.4. The van der Waals surface area contributed by atoms with Crippen LogP contribution in [0.1, 0.15) is 27.5 Å². The van der Waals surface area contributed by atoms with Crippen molar-refractivity contribution in [1.82, 2.24) is 15.3 Å². The van der Waals surface area contributed by atoms with Crippen molar-refractivity contribution in [2.45, 2.75) is 6.04 Å². The van der Waals surface area contributed by atoms with Gasteiger partial charge in [0.1, 0.15) is 11.4 Å². The summed E-state index contributed by atoms with van der Waals surface area (Å²) in [5.74, 6) is -0.125. The van der Waals surface area contributed by atoms with Crippen LogP contribution < -0.4 is 10.9 Å². The molecule has 0 spiro atoms. The van der Waals surface area contributed by atoms with E-state index in [-0.39, 0.29) is 5.56 Å². The number of aromatic amines is 1. The number of benzene rings is 3. The molecular formula is C24H18ClN3O2. The van der Waals surface area contributed by atoms with Crippen molar-refractivity contribution in [2.24, 2.45) is 0 Å². The number of hydrogen-bond acceptors (Lipinski definition) is 3. The van der Waals surface area contributed by atoms with Crippen LogP contribution in [0, 0.1) is 0 Å².